The third-order valence-corrected chi connectivity index (χ3v) is 5.57. The Morgan fingerprint density at radius 1 is 0.969 bits per heavy atom. The second-order valence-corrected chi connectivity index (χ2v) is 8.08. The fourth-order valence-electron chi connectivity index (χ4n) is 4.15. The van der Waals surface area contributed by atoms with E-state index in [1.807, 2.05) is 24.3 Å². The second kappa shape index (κ2) is 9.63. The van der Waals surface area contributed by atoms with Crippen molar-refractivity contribution in [3.05, 3.63) is 52.9 Å². The van der Waals surface area contributed by atoms with Crippen molar-refractivity contribution in [3.63, 3.8) is 0 Å². The molecule has 0 N–H and O–H groups in total. The van der Waals surface area contributed by atoms with E-state index in [4.69, 9.17) is 23.4 Å². The molecule has 2 heterocycles. The Bertz CT molecular complexity index is 1130. The smallest absolute Gasteiger partial charge is 0.344 e. The molecule has 1 saturated heterocycles. The lowest BCUT2D eigenvalue weighted by atomic mass is 10.1. The van der Waals surface area contributed by atoms with Crippen LogP contribution in [-0.4, -0.2) is 57.6 Å². The minimum Gasteiger partial charge on any atom is -0.493 e. The zero-order chi connectivity index (χ0) is 22.7. The molecule has 0 aliphatic carbocycles. The van der Waals surface area contributed by atoms with Gasteiger partial charge in [-0.2, -0.15) is 0 Å². The fraction of sp³-hybridized carbons (Fsp3) is 0.400. The van der Waals surface area contributed by atoms with E-state index < -0.39 is 5.63 Å². The van der Waals surface area contributed by atoms with Gasteiger partial charge in [0.2, 0.25) is 0 Å². The number of methoxy groups -OCH3 is 2. The Morgan fingerprint density at radius 2 is 1.72 bits per heavy atom. The number of benzene rings is 2. The molecule has 0 unspecified atom stereocenters. The van der Waals surface area contributed by atoms with Gasteiger partial charge in [-0.25, -0.2) is 4.79 Å². The average molecular weight is 440 g/mol. The maximum atomic E-state index is 12.7. The Balaban J connectivity index is 1.49. The predicted molar refractivity (Wildman–Crippen MR) is 123 cm³/mol. The number of fused-ring (bicyclic) bond motifs is 1. The van der Waals surface area contributed by atoms with Gasteiger partial charge in [-0.05, 0) is 49.7 Å². The molecule has 0 bridgehead atoms. The average Bonchev–Trinajstić information content (AvgIpc) is 2.77. The van der Waals surface area contributed by atoms with Crippen molar-refractivity contribution in [2.24, 2.45) is 0 Å². The molecule has 3 aromatic rings. The molecule has 1 fully saturated rings. The number of ether oxygens (including phenoxy) is 4. The van der Waals surface area contributed by atoms with E-state index in [2.05, 4.69) is 18.7 Å². The van der Waals surface area contributed by atoms with Crippen LogP contribution in [0.15, 0.2) is 51.7 Å². The third kappa shape index (κ3) is 4.89. The summed E-state index contributed by atoms with van der Waals surface area (Å²) in [7, 11) is 3.13. The van der Waals surface area contributed by atoms with Gasteiger partial charge in [0, 0.05) is 31.1 Å². The molecule has 4 rings (SSSR count). The Kier molecular flexibility index (Phi) is 6.67. The summed E-state index contributed by atoms with van der Waals surface area (Å²) in [6, 6.07) is 12.7. The van der Waals surface area contributed by atoms with Crippen LogP contribution in [0.3, 0.4) is 0 Å². The lowest BCUT2D eigenvalue weighted by Gasteiger charge is -2.35. The fourth-order valence-corrected chi connectivity index (χ4v) is 4.15. The molecule has 1 aliphatic heterocycles. The monoisotopic (exact) mass is 439 g/mol. The van der Waals surface area contributed by atoms with E-state index in [-0.39, 0.29) is 12.2 Å². The predicted octanol–water partition coefficient (Wildman–Crippen LogP) is 3.97. The summed E-state index contributed by atoms with van der Waals surface area (Å²) in [5, 5.41) is 0.817. The van der Waals surface area contributed by atoms with Crippen LogP contribution in [0.25, 0.3) is 22.1 Å². The van der Waals surface area contributed by atoms with Crippen molar-refractivity contribution in [2.45, 2.75) is 26.1 Å². The summed E-state index contributed by atoms with van der Waals surface area (Å²) in [4.78, 5) is 15.0. The van der Waals surface area contributed by atoms with E-state index >= 15 is 0 Å². The first-order chi connectivity index (χ1) is 15.5. The first-order valence-electron chi connectivity index (χ1n) is 10.8. The molecular weight excluding hydrogens is 410 g/mol. The first kappa shape index (κ1) is 22.2. The van der Waals surface area contributed by atoms with Crippen molar-refractivity contribution in [2.75, 3.05) is 40.5 Å². The van der Waals surface area contributed by atoms with Crippen molar-refractivity contribution < 1.29 is 23.4 Å². The van der Waals surface area contributed by atoms with Crippen LogP contribution in [-0.2, 0) is 4.74 Å². The molecule has 2 atom stereocenters. The van der Waals surface area contributed by atoms with Crippen LogP contribution < -0.4 is 19.8 Å². The van der Waals surface area contributed by atoms with Gasteiger partial charge in [-0.3, -0.25) is 4.90 Å². The van der Waals surface area contributed by atoms with Gasteiger partial charge in [0.15, 0.2) is 11.5 Å². The highest BCUT2D eigenvalue weighted by Gasteiger charge is 2.21. The number of hydrogen-bond acceptors (Lipinski definition) is 7. The maximum Gasteiger partial charge on any atom is 0.344 e. The third-order valence-electron chi connectivity index (χ3n) is 5.57. The molecule has 7 nitrogen and oxygen atoms in total. The topological polar surface area (TPSA) is 70.4 Å². The van der Waals surface area contributed by atoms with E-state index in [9.17, 15) is 4.79 Å². The minimum atomic E-state index is -0.418. The van der Waals surface area contributed by atoms with Crippen LogP contribution in [0.5, 0.6) is 17.2 Å². The van der Waals surface area contributed by atoms with E-state index in [0.29, 0.717) is 40.6 Å². The number of hydrogen-bond donors (Lipinski definition) is 0. The zero-order valence-corrected chi connectivity index (χ0v) is 18.9. The summed E-state index contributed by atoms with van der Waals surface area (Å²) >= 11 is 0. The summed E-state index contributed by atoms with van der Waals surface area (Å²) in [5.74, 6) is 1.83. The number of morpholine rings is 1. The molecule has 170 valence electrons. The van der Waals surface area contributed by atoms with Gasteiger partial charge in [0.05, 0.1) is 32.0 Å². The molecule has 0 radical (unpaired) electrons. The molecule has 0 spiro atoms. The van der Waals surface area contributed by atoms with Crippen molar-refractivity contribution in [1.29, 1.82) is 0 Å². The highest BCUT2D eigenvalue weighted by atomic mass is 16.5. The second-order valence-electron chi connectivity index (χ2n) is 8.08. The largest absolute Gasteiger partial charge is 0.493 e. The summed E-state index contributed by atoms with van der Waals surface area (Å²) in [5.41, 5.74) is 1.23. The summed E-state index contributed by atoms with van der Waals surface area (Å²) in [6.07, 6.45) is 0.460. The molecule has 0 saturated carbocycles. The van der Waals surface area contributed by atoms with Gasteiger partial charge in [0.1, 0.15) is 17.9 Å². The lowest BCUT2D eigenvalue weighted by molar-refractivity contribution is -0.0699. The summed E-state index contributed by atoms with van der Waals surface area (Å²) < 4.78 is 27.9. The highest BCUT2D eigenvalue weighted by Crippen LogP contribution is 2.32. The van der Waals surface area contributed by atoms with E-state index in [1.54, 1.807) is 32.4 Å². The standard InChI is InChI=1S/C25H29NO6/c1-16-14-26(15-17(2)31-16)9-10-30-20-7-5-19-11-21(25(27)32-23(19)13-20)18-6-8-22(28-3)24(12-18)29-4/h5-8,11-13,16-17H,9-10,14-15H2,1-4H3/t16-,17-/m1/s1. The van der Waals surface area contributed by atoms with E-state index in [0.717, 1.165) is 25.0 Å². The van der Waals surface area contributed by atoms with Gasteiger partial charge < -0.3 is 23.4 Å². The summed E-state index contributed by atoms with van der Waals surface area (Å²) in [6.45, 7) is 7.35. The molecule has 32 heavy (non-hydrogen) atoms. The van der Waals surface area contributed by atoms with Crippen LogP contribution in [0.1, 0.15) is 13.8 Å². The van der Waals surface area contributed by atoms with E-state index in [1.165, 1.54) is 0 Å². The van der Waals surface area contributed by atoms with Crippen LogP contribution in [0, 0.1) is 0 Å². The highest BCUT2D eigenvalue weighted by molar-refractivity contribution is 5.83. The molecule has 2 aromatic carbocycles. The molecule has 1 aliphatic rings. The molecule has 7 heteroatoms. The zero-order valence-electron chi connectivity index (χ0n) is 18.9. The lowest BCUT2D eigenvalue weighted by Crippen LogP contribution is -2.46. The first-order valence-corrected chi connectivity index (χ1v) is 10.8. The van der Waals surface area contributed by atoms with Gasteiger partial charge in [0.25, 0.3) is 0 Å². The van der Waals surface area contributed by atoms with Crippen molar-refractivity contribution in [3.8, 4) is 28.4 Å². The Hall–Kier alpha value is -3.03. The Morgan fingerprint density at radius 3 is 2.44 bits per heavy atom. The SMILES string of the molecule is COc1ccc(-c2cc3ccc(OCCN4C[C@@H](C)O[C@H](C)C4)cc3oc2=O)cc1OC. The van der Waals surface area contributed by atoms with Gasteiger partial charge in [-0.1, -0.05) is 6.07 Å². The molecular formula is C25H29NO6. The van der Waals surface area contributed by atoms with Crippen molar-refractivity contribution in [1.82, 2.24) is 4.90 Å². The van der Waals surface area contributed by atoms with Gasteiger partial charge in [-0.15, -0.1) is 0 Å². The quantitative estimate of drug-likeness (QED) is 0.516. The van der Waals surface area contributed by atoms with Gasteiger partial charge >= 0.3 is 5.63 Å². The number of rotatable bonds is 7. The van der Waals surface area contributed by atoms with Crippen LogP contribution in [0.2, 0.25) is 0 Å². The molecule has 0 amide bonds. The minimum absolute atomic E-state index is 0.230. The number of nitrogens with zero attached hydrogens (tertiary/aromatic N) is 1. The maximum absolute atomic E-state index is 12.7. The Labute approximate surface area is 187 Å². The molecule has 1 aromatic heterocycles. The normalized spacial score (nSPS) is 19.1. The van der Waals surface area contributed by atoms with Crippen LogP contribution in [0.4, 0.5) is 0 Å². The van der Waals surface area contributed by atoms with Crippen molar-refractivity contribution >= 4 is 11.0 Å². The van der Waals surface area contributed by atoms with Crippen LogP contribution >= 0.6 is 0 Å².